The van der Waals surface area contributed by atoms with Crippen molar-refractivity contribution in [2.75, 3.05) is 0 Å². The summed E-state index contributed by atoms with van der Waals surface area (Å²) >= 11 is 0. The number of rotatable bonds is 2. The molecule has 0 saturated heterocycles. The highest BCUT2D eigenvalue weighted by atomic mass is 16.4. The van der Waals surface area contributed by atoms with E-state index in [1.807, 2.05) is 12.1 Å². The van der Waals surface area contributed by atoms with E-state index in [1.165, 1.54) is 5.56 Å². The monoisotopic (exact) mass is 202 g/mol. The minimum Gasteiger partial charge on any atom is -0.423 e. The fourth-order valence-electron chi connectivity index (χ4n) is 2.12. The van der Waals surface area contributed by atoms with Crippen molar-refractivity contribution < 1.29 is 10.0 Å². The number of hydrogen-bond donors (Lipinski definition) is 2. The van der Waals surface area contributed by atoms with E-state index >= 15 is 0 Å². The number of hydrogen-bond acceptors (Lipinski definition) is 2. The summed E-state index contributed by atoms with van der Waals surface area (Å²) in [5.41, 5.74) is 2.11. The van der Waals surface area contributed by atoms with Crippen LogP contribution in [0.4, 0.5) is 0 Å². The van der Waals surface area contributed by atoms with Crippen molar-refractivity contribution >= 4 is 7.12 Å². The maximum absolute atomic E-state index is 9.02. The Kier molecular flexibility index (Phi) is 3.24. The predicted octanol–water partition coefficient (Wildman–Crippen LogP) is 1.89. The van der Waals surface area contributed by atoms with Crippen molar-refractivity contribution in [3.05, 3.63) is 47.4 Å². The van der Waals surface area contributed by atoms with E-state index < -0.39 is 7.12 Å². The standard InChI is InChI=1S/C12H15BO2/c14-13(15)12-8-6-11(7-9-12)10-4-2-1-3-5-10/h1-5,8,11,14-15H,6-7,9H2. The highest BCUT2D eigenvalue weighted by Crippen LogP contribution is 2.31. The average Bonchev–Trinajstić information content (AvgIpc) is 2.30. The van der Waals surface area contributed by atoms with Crippen LogP contribution in [0.1, 0.15) is 30.7 Å². The third-order valence-corrected chi connectivity index (χ3v) is 3.05. The summed E-state index contributed by atoms with van der Waals surface area (Å²) in [6, 6.07) is 10.4. The first-order valence-electron chi connectivity index (χ1n) is 5.37. The Morgan fingerprint density at radius 3 is 2.40 bits per heavy atom. The minimum atomic E-state index is -1.26. The summed E-state index contributed by atoms with van der Waals surface area (Å²) in [6.45, 7) is 0. The molecule has 0 saturated carbocycles. The molecule has 0 radical (unpaired) electrons. The van der Waals surface area contributed by atoms with Gasteiger partial charge in [0.15, 0.2) is 0 Å². The van der Waals surface area contributed by atoms with Gasteiger partial charge < -0.3 is 10.0 Å². The second-order valence-electron chi connectivity index (χ2n) is 4.03. The Bertz CT molecular complexity index is 346. The molecule has 1 aromatic rings. The maximum Gasteiger partial charge on any atom is 0.483 e. The predicted molar refractivity (Wildman–Crippen MR) is 61.3 cm³/mol. The molecule has 78 valence electrons. The molecule has 15 heavy (non-hydrogen) atoms. The first-order valence-corrected chi connectivity index (χ1v) is 5.37. The van der Waals surface area contributed by atoms with Crippen LogP contribution in [0.15, 0.2) is 41.9 Å². The molecule has 3 heteroatoms. The zero-order valence-corrected chi connectivity index (χ0v) is 8.63. The lowest BCUT2D eigenvalue weighted by Crippen LogP contribution is -2.19. The van der Waals surface area contributed by atoms with Gasteiger partial charge >= 0.3 is 7.12 Å². The highest BCUT2D eigenvalue weighted by molar-refractivity contribution is 6.50. The van der Waals surface area contributed by atoms with E-state index in [0.717, 1.165) is 24.7 Å². The molecule has 1 aromatic carbocycles. The fourth-order valence-corrected chi connectivity index (χ4v) is 2.12. The van der Waals surface area contributed by atoms with Gasteiger partial charge in [0.05, 0.1) is 0 Å². The lowest BCUT2D eigenvalue weighted by molar-refractivity contribution is 0.412. The van der Waals surface area contributed by atoms with E-state index in [1.54, 1.807) is 0 Å². The lowest BCUT2D eigenvalue weighted by Gasteiger charge is -2.21. The first kappa shape index (κ1) is 10.5. The van der Waals surface area contributed by atoms with Crippen molar-refractivity contribution in [2.24, 2.45) is 0 Å². The quantitative estimate of drug-likeness (QED) is 0.719. The molecular weight excluding hydrogens is 187 g/mol. The van der Waals surface area contributed by atoms with Crippen molar-refractivity contribution in [1.82, 2.24) is 0 Å². The van der Waals surface area contributed by atoms with E-state index in [2.05, 4.69) is 24.3 Å². The van der Waals surface area contributed by atoms with Crippen LogP contribution in [0, 0.1) is 0 Å². The van der Waals surface area contributed by atoms with Crippen LogP contribution < -0.4 is 0 Å². The Hall–Kier alpha value is -1.06. The van der Waals surface area contributed by atoms with E-state index in [9.17, 15) is 0 Å². The summed E-state index contributed by atoms with van der Waals surface area (Å²) in [5, 5.41) is 18.0. The maximum atomic E-state index is 9.02. The molecule has 0 spiro atoms. The van der Waals surface area contributed by atoms with Crippen molar-refractivity contribution in [3.63, 3.8) is 0 Å². The lowest BCUT2D eigenvalue weighted by atomic mass is 9.70. The van der Waals surface area contributed by atoms with Gasteiger partial charge in [-0.25, -0.2) is 0 Å². The van der Waals surface area contributed by atoms with Crippen molar-refractivity contribution in [3.8, 4) is 0 Å². The van der Waals surface area contributed by atoms with Crippen LogP contribution in [-0.4, -0.2) is 17.2 Å². The van der Waals surface area contributed by atoms with Crippen LogP contribution in [-0.2, 0) is 0 Å². The van der Waals surface area contributed by atoms with Gasteiger partial charge in [0.2, 0.25) is 0 Å². The number of allylic oxidation sites excluding steroid dienone is 2. The van der Waals surface area contributed by atoms with E-state index in [4.69, 9.17) is 10.0 Å². The summed E-state index contributed by atoms with van der Waals surface area (Å²) in [7, 11) is -1.26. The third-order valence-electron chi connectivity index (χ3n) is 3.05. The normalized spacial score (nSPS) is 20.9. The molecule has 2 rings (SSSR count). The topological polar surface area (TPSA) is 40.5 Å². The average molecular weight is 202 g/mol. The van der Waals surface area contributed by atoms with E-state index in [-0.39, 0.29) is 0 Å². The van der Waals surface area contributed by atoms with Crippen LogP contribution in [0.3, 0.4) is 0 Å². The molecule has 0 fully saturated rings. The van der Waals surface area contributed by atoms with Gasteiger partial charge in [-0.05, 0) is 36.2 Å². The summed E-state index contributed by atoms with van der Waals surface area (Å²) in [5.74, 6) is 0.536. The summed E-state index contributed by atoms with van der Waals surface area (Å²) in [4.78, 5) is 0. The molecule has 1 aliphatic rings. The molecule has 0 bridgehead atoms. The highest BCUT2D eigenvalue weighted by Gasteiger charge is 2.21. The third kappa shape index (κ3) is 2.49. The Morgan fingerprint density at radius 2 is 1.87 bits per heavy atom. The van der Waals surface area contributed by atoms with E-state index in [0.29, 0.717) is 5.92 Å². The van der Waals surface area contributed by atoms with Crippen LogP contribution in [0.5, 0.6) is 0 Å². The van der Waals surface area contributed by atoms with Gasteiger partial charge in [-0.1, -0.05) is 36.4 Å². The smallest absolute Gasteiger partial charge is 0.423 e. The Labute approximate surface area is 90.4 Å². The molecule has 1 unspecified atom stereocenters. The second-order valence-corrected chi connectivity index (χ2v) is 4.03. The molecular formula is C12H15BO2. The first-order chi connectivity index (χ1) is 7.27. The molecule has 2 nitrogen and oxygen atoms in total. The van der Waals surface area contributed by atoms with Crippen molar-refractivity contribution in [1.29, 1.82) is 0 Å². The van der Waals surface area contributed by atoms with Gasteiger partial charge in [0.25, 0.3) is 0 Å². The summed E-state index contributed by atoms with van der Waals surface area (Å²) in [6.07, 6.45) is 4.67. The molecule has 2 N–H and O–H groups in total. The second kappa shape index (κ2) is 4.64. The molecule has 1 atom stereocenters. The molecule has 0 heterocycles. The molecule has 0 amide bonds. The Balaban J connectivity index is 2.06. The van der Waals surface area contributed by atoms with Gasteiger partial charge in [-0.2, -0.15) is 0 Å². The molecule has 1 aliphatic carbocycles. The minimum absolute atomic E-state index is 0.536. The fraction of sp³-hybridized carbons (Fsp3) is 0.333. The van der Waals surface area contributed by atoms with Crippen LogP contribution in [0.25, 0.3) is 0 Å². The largest absolute Gasteiger partial charge is 0.483 e. The van der Waals surface area contributed by atoms with Gasteiger partial charge in [-0.15, -0.1) is 0 Å². The molecule has 0 aliphatic heterocycles. The van der Waals surface area contributed by atoms with Gasteiger partial charge in [-0.3, -0.25) is 0 Å². The van der Waals surface area contributed by atoms with Crippen LogP contribution >= 0.6 is 0 Å². The van der Waals surface area contributed by atoms with Gasteiger partial charge in [0.1, 0.15) is 0 Å². The van der Waals surface area contributed by atoms with Crippen molar-refractivity contribution in [2.45, 2.75) is 25.2 Å². The SMILES string of the molecule is OB(O)C1=CCC(c2ccccc2)CC1. The molecule has 0 aromatic heterocycles. The van der Waals surface area contributed by atoms with Crippen LogP contribution in [0.2, 0.25) is 0 Å². The zero-order chi connectivity index (χ0) is 10.7. The summed E-state index contributed by atoms with van der Waals surface area (Å²) < 4.78 is 0. The number of benzene rings is 1. The zero-order valence-electron chi connectivity index (χ0n) is 8.63. The Morgan fingerprint density at radius 1 is 1.13 bits per heavy atom. The van der Waals surface area contributed by atoms with Gasteiger partial charge in [0, 0.05) is 0 Å².